The smallest absolute Gasteiger partial charge is 0.132 e. The highest BCUT2D eigenvalue weighted by molar-refractivity contribution is 6.04. The third-order valence-corrected chi connectivity index (χ3v) is 12.1. The SMILES string of the molecule is CC1=Cc2c(n(-c3ccccc3)c3cccc(-c4ccc5c(c4)Oc4cccc(-c6ccccc6)c4C5(C4=C(C)C=CCC4)c4ccccc4C)c23)CC1. The number of hydrogen-bond donors (Lipinski definition) is 0. The Morgan fingerprint density at radius 2 is 1.37 bits per heavy atom. The van der Waals surface area contributed by atoms with Gasteiger partial charge in [-0.2, -0.15) is 0 Å². The molecule has 1 aromatic heterocycles. The van der Waals surface area contributed by atoms with Crippen molar-refractivity contribution < 1.29 is 4.74 Å². The van der Waals surface area contributed by atoms with E-state index in [2.05, 4.69) is 183 Å². The lowest BCUT2D eigenvalue weighted by Gasteiger charge is -2.46. The molecular formula is C52H43NO. The van der Waals surface area contributed by atoms with Gasteiger partial charge in [0, 0.05) is 33.5 Å². The van der Waals surface area contributed by atoms with Crippen molar-refractivity contribution in [1.82, 2.24) is 4.57 Å². The van der Waals surface area contributed by atoms with E-state index in [0.29, 0.717) is 0 Å². The summed E-state index contributed by atoms with van der Waals surface area (Å²) in [5, 5.41) is 1.30. The van der Waals surface area contributed by atoms with Crippen LogP contribution in [0, 0.1) is 6.92 Å². The van der Waals surface area contributed by atoms with Gasteiger partial charge in [-0.1, -0.05) is 139 Å². The lowest BCUT2D eigenvalue weighted by Crippen LogP contribution is -2.37. The number of benzene rings is 6. The van der Waals surface area contributed by atoms with Crippen LogP contribution in [0.4, 0.5) is 0 Å². The molecule has 10 rings (SSSR count). The minimum absolute atomic E-state index is 0.560. The lowest BCUT2D eigenvalue weighted by molar-refractivity contribution is 0.429. The highest BCUT2D eigenvalue weighted by Gasteiger charge is 2.49. The average Bonchev–Trinajstić information content (AvgIpc) is 3.54. The number of rotatable bonds is 5. The molecule has 0 amide bonds. The predicted molar refractivity (Wildman–Crippen MR) is 225 cm³/mol. The molecule has 54 heavy (non-hydrogen) atoms. The zero-order chi connectivity index (χ0) is 36.4. The maximum atomic E-state index is 7.20. The van der Waals surface area contributed by atoms with Gasteiger partial charge in [0.2, 0.25) is 0 Å². The number of para-hydroxylation sites is 1. The average molecular weight is 698 g/mol. The Morgan fingerprint density at radius 1 is 0.611 bits per heavy atom. The fraction of sp³-hybridized carbons (Fsp3) is 0.154. The van der Waals surface area contributed by atoms with Crippen LogP contribution in [-0.2, 0) is 11.8 Å². The maximum absolute atomic E-state index is 7.20. The van der Waals surface area contributed by atoms with Crippen molar-refractivity contribution in [2.24, 2.45) is 0 Å². The Kier molecular flexibility index (Phi) is 7.70. The van der Waals surface area contributed by atoms with E-state index in [-0.39, 0.29) is 0 Å². The van der Waals surface area contributed by atoms with Crippen molar-refractivity contribution in [3.63, 3.8) is 0 Å². The predicted octanol–water partition coefficient (Wildman–Crippen LogP) is 13.7. The van der Waals surface area contributed by atoms with Crippen LogP contribution in [0.2, 0.25) is 0 Å². The second kappa shape index (κ2) is 12.8. The van der Waals surface area contributed by atoms with Gasteiger partial charge < -0.3 is 9.30 Å². The van der Waals surface area contributed by atoms with E-state index in [0.717, 1.165) is 37.2 Å². The molecule has 0 saturated heterocycles. The summed E-state index contributed by atoms with van der Waals surface area (Å²) in [5.41, 5.74) is 18.7. The molecule has 2 aliphatic carbocycles. The first-order valence-corrected chi connectivity index (χ1v) is 19.4. The monoisotopic (exact) mass is 697 g/mol. The van der Waals surface area contributed by atoms with Crippen molar-refractivity contribution in [3.8, 4) is 39.4 Å². The normalized spacial score (nSPS) is 17.4. The molecule has 7 aromatic rings. The first-order chi connectivity index (χ1) is 26.5. The molecule has 3 aliphatic rings. The molecule has 0 N–H and O–H groups in total. The van der Waals surface area contributed by atoms with Gasteiger partial charge in [0.25, 0.3) is 0 Å². The van der Waals surface area contributed by atoms with Crippen LogP contribution in [0.15, 0.2) is 168 Å². The van der Waals surface area contributed by atoms with Gasteiger partial charge >= 0.3 is 0 Å². The molecule has 0 radical (unpaired) electrons. The fourth-order valence-corrected chi connectivity index (χ4v) is 9.79. The van der Waals surface area contributed by atoms with Crippen LogP contribution >= 0.6 is 0 Å². The number of aromatic nitrogens is 1. The van der Waals surface area contributed by atoms with Gasteiger partial charge in [0.05, 0.1) is 10.9 Å². The first kappa shape index (κ1) is 32.5. The van der Waals surface area contributed by atoms with Gasteiger partial charge in [-0.3, -0.25) is 0 Å². The first-order valence-electron chi connectivity index (χ1n) is 19.4. The number of nitrogens with zero attached hydrogens (tertiary/aromatic N) is 1. The molecule has 6 aromatic carbocycles. The van der Waals surface area contributed by atoms with E-state index >= 15 is 0 Å². The summed E-state index contributed by atoms with van der Waals surface area (Å²) in [6.45, 7) is 6.85. The molecule has 0 fully saturated rings. The van der Waals surface area contributed by atoms with Crippen LogP contribution in [-0.4, -0.2) is 4.57 Å². The molecule has 1 aliphatic heterocycles. The highest BCUT2D eigenvalue weighted by atomic mass is 16.5. The second-order valence-corrected chi connectivity index (χ2v) is 15.2. The van der Waals surface area contributed by atoms with Crippen molar-refractivity contribution in [2.45, 2.75) is 51.9 Å². The Labute approximate surface area is 318 Å². The summed E-state index contributed by atoms with van der Waals surface area (Å²) in [5.74, 6) is 1.84. The summed E-state index contributed by atoms with van der Waals surface area (Å²) in [6, 6.07) is 51.2. The van der Waals surface area contributed by atoms with Crippen LogP contribution in [0.1, 0.15) is 66.6 Å². The highest BCUT2D eigenvalue weighted by Crippen LogP contribution is 2.61. The number of ether oxygens (including phenoxy) is 1. The number of hydrogen-bond acceptors (Lipinski definition) is 1. The van der Waals surface area contributed by atoms with Gasteiger partial charge in [0.1, 0.15) is 11.5 Å². The Balaban J connectivity index is 1.28. The fourth-order valence-electron chi connectivity index (χ4n) is 9.79. The molecule has 0 saturated carbocycles. The van der Waals surface area contributed by atoms with Crippen molar-refractivity contribution in [1.29, 1.82) is 0 Å². The van der Waals surface area contributed by atoms with E-state index in [9.17, 15) is 0 Å². The number of allylic oxidation sites excluding steroid dienone is 5. The van der Waals surface area contributed by atoms with Crippen LogP contribution < -0.4 is 4.74 Å². The Morgan fingerprint density at radius 3 is 2.19 bits per heavy atom. The zero-order valence-electron chi connectivity index (χ0n) is 31.2. The minimum Gasteiger partial charge on any atom is -0.457 e. The molecular weight excluding hydrogens is 655 g/mol. The third kappa shape index (κ3) is 4.86. The molecule has 1 atom stereocenters. The van der Waals surface area contributed by atoms with Crippen molar-refractivity contribution in [2.75, 3.05) is 0 Å². The van der Waals surface area contributed by atoms with E-state index in [1.807, 2.05) is 0 Å². The standard InChI is InChI=1S/C52H43NO/c1-34-28-31-46-42(32-34)50-40(22-14-26-47(50)53(46)39-20-8-5-9-21-39)38-29-30-45-49(33-38)54-48-27-15-23-41(37-18-6-4-7-19-37)51(48)52(45,43-24-12-10-16-35(43)2)44-25-13-11-17-36(44)3/h4-12,14-24,26-27,29-30,32-33H,13,25,28,31H2,1-3H3. The molecule has 2 heteroatoms. The summed E-state index contributed by atoms with van der Waals surface area (Å²) in [6.07, 6.45) is 11.2. The van der Waals surface area contributed by atoms with E-state index in [1.54, 1.807) is 0 Å². The van der Waals surface area contributed by atoms with Crippen LogP contribution in [0.5, 0.6) is 11.5 Å². The molecule has 1 unspecified atom stereocenters. The van der Waals surface area contributed by atoms with Crippen LogP contribution in [0.25, 0.3) is 44.9 Å². The summed E-state index contributed by atoms with van der Waals surface area (Å²) < 4.78 is 9.69. The Hall–Kier alpha value is -6.12. The summed E-state index contributed by atoms with van der Waals surface area (Å²) >= 11 is 0. The van der Waals surface area contributed by atoms with Gasteiger partial charge in [-0.25, -0.2) is 0 Å². The molecule has 2 heterocycles. The van der Waals surface area contributed by atoms with Crippen molar-refractivity contribution in [3.05, 3.63) is 202 Å². The van der Waals surface area contributed by atoms with Crippen molar-refractivity contribution >= 4 is 17.0 Å². The van der Waals surface area contributed by atoms with Gasteiger partial charge in [0.15, 0.2) is 0 Å². The van der Waals surface area contributed by atoms with E-state index < -0.39 is 5.41 Å². The third-order valence-electron chi connectivity index (χ3n) is 12.1. The maximum Gasteiger partial charge on any atom is 0.132 e. The second-order valence-electron chi connectivity index (χ2n) is 15.2. The van der Waals surface area contributed by atoms with E-state index in [1.165, 1.54) is 89.1 Å². The lowest BCUT2D eigenvalue weighted by atomic mass is 9.58. The molecule has 262 valence electrons. The topological polar surface area (TPSA) is 14.2 Å². The minimum atomic E-state index is -0.560. The Bertz CT molecular complexity index is 2710. The van der Waals surface area contributed by atoms with Crippen LogP contribution in [0.3, 0.4) is 0 Å². The summed E-state index contributed by atoms with van der Waals surface area (Å²) in [4.78, 5) is 0. The quantitative estimate of drug-likeness (QED) is 0.175. The van der Waals surface area contributed by atoms with Gasteiger partial charge in [-0.05, 0) is 116 Å². The van der Waals surface area contributed by atoms with E-state index in [4.69, 9.17) is 4.74 Å². The number of fused-ring (bicyclic) bond motifs is 5. The number of aryl methyl sites for hydroxylation is 1. The largest absolute Gasteiger partial charge is 0.457 e. The van der Waals surface area contributed by atoms with Gasteiger partial charge in [-0.15, -0.1) is 0 Å². The molecule has 2 nitrogen and oxygen atoms in total. The zero-order valence-corrected chi connectivity index (χ0v) is 31.2. The molecule has 0 bridgehead atoms. The molecule has 0 spiro atoms. The summed E-state index contributed by atoms with van der Waals surface area (Å²) in [7, 11) is 0.